The van der Waals surface area contributed by atoms with Gasteiger partial charge in [-0.05, 0) is 0 Å². The SMILES string of the molecule is c1ccc(-c2cc(C3CCCCC3)c3[se]c4[se]c5c(C6CCCCC6)cc(-c6ccccc6)cc5c4c3c2)cc1. The van der Waals surface area contributed by atoms with Crippen LogP contribution in [-0.4, -0.2) is 29.0 Å². The van der Waals surface area contributed by atoms with Crippen molar-refractivity contribution in [1.29, 1.82) is 0 Å². The number of hydrogen-bond donors (Lipinski definition) is 0. The molecule has 4 aromatic carbocycles. The van der Waals surface area contributed by atoms with Gasteiger partial charge in [-0.2, -0.15) is 0 Å². The third-order valence-corrected chi connectivity index (χ3v) is 15.9. The molecule has 0 N–H and O–H groups in total. The molecular weight excluding hydrogens is 614 g/mol. The topological polar surface area (TPSA) is 0 Å². The fraction of sp³-hybridized carbons (Fsp3) is 0.316. The van der Waals surface area contributed by atoms with E-state index >= 15 is 0 Å². The number of benzene rings is 4. The van der Waals surface area contributed by atoms with Gasteiger partial charge in [0.1, 0.15) is 0 Å². The molecule has 0 bridgehead atoms. The normalized spacial score (nSPS) is 17.3. The molecule has 0 radical (unpaired) electrons. The molecule has 0 atom stereocenters. The zero-order valence-electron chi connectivity index (χ0n) is 23.1. The summed E-state index contributed by atoms with van der Waals surface area (Å²) in [6, 6.07) is 32.7. The van der Waals surface area contributed by atoms with Crippen molar-refractivity contribution in [1.82, 2.24) is 0 Å². The average Bonchev–Trinajstić information content (AvgIpc) is 3.58. The van der Waals surface area contributed by atoms with Gasteiger partial charge in [-0.15, -0.1) is 0 Å². The monoisotopic (exact) mass is 652 g/mol. The summed E-state index contributed by atoms with van der Waals surface area (Å²) in [5.74, 6) is 1.49. The van der Waals surface area contributed by atoms with Crippen LogP contribution in [0, 0.1) is 0 Å². The van der Waals surface area contributed by atoms with Crippen molar-refractivity contribution in [2.24, 2.45) is 0 Å². The van der Waals surface area contributed by atoms with Crippen LogP contribution in [0.3, 0.4) is 0 Å². The van der Waals surface area contributed by atoms with Gasteiger partial charge in [0.15, 0.2) is 0 Å². The molecule has 200 valence electrons. The van der Waals surface area contributed by atoms with Gasteiger partial charge in [0.05, 0.1) is 0 Å². The summed E-state index contributed by atoms with van der Waals surface area (Å²) < 4.78 is 5.29. The van der Waals surface area contributed by atoms with Crippen LogP contribution in [0.25, 0.3) is 50.1 Å². The van der Waals surface area contributed by atoms with E-state index in [0.717, 1.165) is 11.8 Å². The zero-order valence-corrected chi connectivity index (χ0v) is 26.6. The Morgan fingerprint density at radius 1 is 0.450 bits per heavy atom. The van der Waals surface area contributed by atoms with Gasteiger partial charge in [-0.1, -0.05) is 0 Å². The van der Waals surface area contributed by atoms with Crippen LogP contribution in [0.2, 0.25) is 0 Å². The number of fused-ring (bicyclic) bond motifs is 5. The van der Waals surface area contributed by atoms with Crippen LogP contribution in [-0.2, 0) is 0 Å². The molecule has 2 heterocycles. The van der Waals surface area contributed by atoms with E-state index < -0.39 is 0 Å². The first-order chi connectivity index (χ1) is 19.8. The van der Waals surface area contributed by atoms with E-state index in [1.807, 2.05) is 3.13 Å². The Kier molecular flexibility index (Phi) is 6.86. The third-order valence-electron chi connectivity index (χ3n) is 9.67. The molecular formula is C38H36Se2. The van der Waals surface area contributed by atoms with E-state index in [1.165, 1.54) is 86.5 Å². The maximum absolute atomic E-state index is 2.61. The number of hydrogen-bond acceptors (Lipinski definition) is 0. The van der Waals surface area contributed by atoms with Crippen molar-refractivity contribution in [3.05, 3.63) is 96.1 Å². The molecule has 2 aromatic heterocycles. The van der Waals surface area contributed by atoms with Gasteiger partial charge >= 0.3 is 251 Å². The van der Waals surface area contributed by atoms with Gasteiger partial charge in [0.2, 0.25) is 0 Å². The molecule has 40 heavy (non-hydrogen) atoms. The van der Waals surface area contributed by atoms with Crippen molar-refractivity contribution in [2.45, 2.75) is 76.0 Å². The van der Waals surface area contributed by atoms with Crippen LogP contribution < -0.4 is 0 Å². The second kappa shape index (κ2) is 10.8. The first-order valence-corrected chi connectivity index (χ1v) is 18.8. The predicted molar refractivity (Wildman–Crippen MR) is 175 cm³/mol. The quantitative estimate of drug-likeness (QED) is 0.167. The number of rotatable bonds is 4. The summed E-state index contributed by atoms with van der Waals surface area (Å²) in [7, 11) is 0. The second-order valence-corrected chi connectivity index (χ2v) is 17.7. The molecule has 0 amide bonds. The zero-order chi connectivity index (χ0) is 26.5. The Hall–Kier alpha value is -2.34. The Morgan fingerprint density at radius 2 is 0.875 bits per heavy atom. The van der Waals surface area contributed by atoms with Crippen LogP contribution in [0.1, 0.15) is 87.2 Å². The average molecular weight is 651 g/mol. The van der Waals surface area contributed by atoms with Gasteiger partial charge in [-0.3, -0.25) is 0 Å². The molecule has 2 fully saturated rings. The van der Waals surface area contributed by atoms with E-state index in [2.05, 4.69) is 84.9 Å². The van der Waals surface area contributed by atoms with Crippen molar-refractivity contribution in [3.8, 4) is 22.3 Å². The molecule has 0 aliphatic heterocycles. The molecule has 0 saturated heterocycles. The van der Waals surface area contributed by atoms with Crippen LogP contribution in [0.4, 0.5) is 0 Å². The Morgan fingerprint density at radius 3 is 1.30 bits per heavy atom. The molecule has 2 aliphatic rings. The first kappa shape index (κ1) is 25.4. The van der Waals surface area contributed by atoms with E-state index in [-0.39, 0.29) is 0 Å². The molecule has 0 nitrogen and oxygen atoms in total. The summed E-state index contributed by atoms with van der Waals surface area (Å²) in [6.07, 6.45) is 13.9. The summed E-state index contributed by atoms with van der Waals surface area (Å²) >= 11 is 0.921. The van der Waals surface area contributed by atoms with Crippen molar-refractivity contribution < 1.29 is 0 Å². The molecule has 2 heteroatoms. The fourth-order valence-electron chi connectivity index (χ4n) is 7.60. The van der Waals surface area contributed by atoms with E-state index in [0.29, 0.717) is 29.0 Å². The predicted octanol–water partition coefficient (Wildman–Crippen LogP) is 10.7. The summed E-state index contributed by atoms with van der Waals surface area (Å²) in [5.41, 5.74) is 9.00. The third kappa shape index (κ3) is 4.49. The summed E-state index contributed by atoms with van der Waals surface area (Å²) in [5, 5.41) is 4.84. The van der Waals surface area contributed by atoms with Gasteiger partial charge in [0.25, 0.3) is 0 Å². The van der Waals surface area contributed by atoms with Gasteiger partial charge < -0.3 is 0 Å². The molecule has 8 rings (SSSR count). The first-order valence-electron chi connectivity index (χ1n) is 15.4. The molecule has 0 spiro atoms. The van der Waals surface area contributed by atoms with Crippen molar-refractivity contribution in [3.63, 3.8) is 0 Å². The van der Waals surface area contributed by atoms with Crippen molar-refractivity contribution in [2.75, 3.05) is 0 Å². The summed E-state index contributed by atoms with van der Waals surface area (Å²) in [4.78, 5) is 0. The van der Waals surface area contributed by atoms with E-state index in [4.69, 9.17) is 0 Å². The van der Waals surface area contributed by atoms with E-state index in [1.54, 1.807) is 35.8 Å². The molecule has 6 aromatic rings. The molecule has 2 aliphatic carbocycles. The van der Waals surface area contributed by atoms with Crippen molar-refractivity contribution >= 4 is 56.8 Å². The van der Waals surface area contributed by atoms with Crippen LogP contribution >= 0.6 is 0 Å². The Balaban J connectivity index is 1.42. The van der Waals surface area contributed by atoms with Crippen LogP contribution in [0.5, 0.6) is 0 Å². The minimum atomic E-state index is 0.461. The second-order valence-electron chi connectivity index (χ2n) is 12.2. The maximum atomic E-state index is 2.61. The van der Waals surface area contributed by atoms with Gasteiger partial charge in [-0.25, -0.2) is 0 Å². The standard InChI is InChI=1S/C38H36Se2/c1-5-13-25(14-6-1)29-21-31(27-17-9-3-10-18-27)36-33(23-29)35-34-24-30(26-15-7-2-8-16-26)22-32(28-19-11-4-12-20-28)37(34)40-38(35)39-36/h1-2,5-8,13-16,21-24,27-28H,3-4,9-12,17-20H2. The van der Waals surface area contributed by atoms with Crippen LogP contribution in [0.15, 0.2) is 84.9 Å². The van der Waals surface area contributed by atoms with E-state index in [9.17, 15) is 0 Å². The Labute approximate surface area is 249 Å². The summed E-state index contributed by atoms with van der Waals surface area (Å²) in [6.45, 7) is 0. The Bertz CT molecular complexity index is 1660. The van der Waals surface area contributed by atoms with Gasteiger partial charge in [0, 0.05) is 0 Å². The minimum absolute atomic E-state index is 0.461. The molecule has 2 saturated carbocycles. The fourth-order valence-corrected chi connectivity index (χ4v) is 14.7. The molecule has 0 unspecified atom stereocenters.